The smallest absolute Gasteiger partial charge is 0.142 e. The highest BCUT2D eigenvalue weighted by molar-refractivity contribution is 5.60. The van der Waals surface area contributed by atoms with Crippen molar-refractivity contribution in [3.05, 3.63) is 23.8 Å². The van der Waals surface area contributed by atoms with Crippen LogP contribution in [0.4, 0.5) is 5.69 Å². The maximum atomic E-state index is 5.53. The zero-order valence-corrected chi connectivity index (χ0v) is 11.3. The summed E-state index contributed by atoms with van der Waals surface area (Å²) in [6.45, 7) is 8.18. The number of methoxy groups -OCH3 is 1. The van der Waals surface area contributed by atoms with Gasteiger partial charge < -0.3 is 20.3 Å². The molecule has 0 aromatic heterocycles. The van der Waals surface area contributed by atoms with E-state index < -0.39 is 0 Å². The maximum absolute atomic E-state index is 5.53. The monoisotopic (exact) mass is 249 g/mol. The highest BCUT2D eigenvalue weighted by Crippen LogP contribution is 2.29. The van der Waals surface area contributed by atoms with E-state index in [9.17, 15) is 0 Å². The van der Waals surface area contributed by atoms with Crippen molar-refractivity contribution in [2.24, 2.45) is 0 Å². The second-order valence-corrected chi connectivity index (χ2v) is 4.52. The normalized spacial score (nSPS) is 15.8. The molecule has 4 nitrogen and oxygen atoms in total. The number of piperazine rings is 1. The van der Waals surface area contributed by atoms with Gasteiger partial charge in [-0.2, -0.15) is 0 Å². The summed E-state index contributed by atoms with van der Waals surface area (Å²) in [7, 11) is 1.75. The van der Waals surface area contributed by atoms with Gasteiger partial charge in [0.15, 0.2) is 0 Å². The molecule has 0 bridgehead atoms. The SMILES string of the molecule is CCNCc1ccc(N2CCNCC2)c(OC)c1. The lowest BCUT2D eigenvalue weighted by molar-refractivity contribution is 0.412. The molecule has 0 spiro atoms. The van der Waals surface area contributed by atoms with Crippen LogP contribution in [0.1, 0.15) is 12.5 Å². The van der Waals surface area contributed by atoms with Crippen LogP contribution in [0.25, 0.3) is 0 Å². The number of anilines is 1. The third-order valence-corrected chi connectivity index (χ3v) is 3.28. The van der Waals surface area contributed by atoms with Gasteiger partial charge in [-0.1, -0.05) is 13.0 Å². The first-order valence-corrected chi connectivity index (χ1v) is 6.68. The number of nitrogens with zero attached hydrogens (tertiary/aromatic N) is 1. The van der Waals surface area contributed by atoms with Crippen molar-refractivity contribution >= 4 is 5.69 Å². The summed E-state index contributed by atoms with van der Waals surface area (Å²) in [4.78, 5) is 2.38. The van der Waals surface area contributed by atoms with E-state index >= 15 is 0 Å². The van der Waals surface area contributed by atoms with Crippen molar-refractivity contribution < 1.29 is 4.74 Å². The summed E-state index contributed by atoms with van der Waals surface area (Å²) in [6.07, 6.45) is 0. The Morgan fingerprint density at radius 3 is 2.78 bits per heavy atom. The summed E-state index contributed by atoms with van der Waals surface area (Å²) < 4.78 is 5.53. The number of nitrogens with one attached hydrogen (secondary N) is 2. The van der Waals surface area contributed by atoms with Gasteiger partial charge in [0.05, 0.1) is 12.8 Å². The maximum Gasteiger partial charge on any atom is 0.142 e. The molecule has 2 N–H and O–H groups in total. The van der Waals surface area contributed by atoms with Crippen molar-refractivity contribution in [1.82, 2.24) is 10.6 Å². The van der Waals surface area contributed by atoms with Gasteiger partial charge in [0.1, 0.15) is 5.75 Å². The molecule has 18 heavy (non-hydrogen) atoms. The molecule has 0 radical (unpaired) electrons. The lowest BCUT2D eigenvalue weighted by atomic mass is 10.1. The van der Waals surface area contributed by atoms with Crippen LogP contribution >= 0.6 is 0 Å². The first-order chi connectivity index (χ1) is 8.85. The molecule has 0 unspecified atom stereocenters. The summed E-state index contributed by atoms with van der Waals surface area (Å²) in [5.41, 5.74) is 2.48. The van der Waals surface area contributed by atoms with Gasteiger partial charge in [-0.05, 0) is 24.2 Å². The number of hydrogen-bond donors (Lipinski definition) is 2. The van der Waals surface area contributed by atoms with E-state index in [1.807, 2.05) is 0 Å². The molecule has 1 aliphatic heterocycles. The molecule has 1 fully saturated rings. The third kappa shape index (κ3) is 3.15. The minimum atomic E-state index is 0.898. The molecule has 0 saturated carbocycles. The predicted octanol–water partition coefficient (Wildman–Crippen LogP) is 1.21. The predicted molar refractivity (Wildman–Crippen MR) is 75.5 cm³/mol. The van der Waals surface area contributed by atoms with Gasteiger partial charge in [-0.25, -0.2) is 0 Å². The second-order valence-electron chi connectivity index (χ2n) is 4.52. The van der Waals surface area contributed by atoms with Crippen molar-refractivity contribution in [2.45, 2.75) is 13.5 Å². The van der Waals surface area contributed by atoms with Crippen LogP contribution in [0.3, 0.4) is 0 Å². The van der Waals surface area contributed by atoms with E-state index in [1.165, 1.54) is 11.3 Å². The lowest BCUT2D eigenvalue weighted by Gasteiger charge is -2.30. The Kier molecular flexibility index (Phi) is 4.84. The third-order valence-electron chi connectivity index (χ3n) is 3.28. The van der Waals surface area contributed by atoms with Gasteiger partial charge >= 0.3 is 0 Å². The van der Waals surface area contributed by atoms with Crippen LogP contribution < -0.4 is 20.3 Å². The van der Waals surface area contributed by atoms with Crippen molar-refractivity contribution in [3.8, 4) is 5.75 Å². The van der Waals surface area contributed by atoms with E-state index in [4.69, 9.17) is 4.74 Å². The Bertz CT molecular complexity index is 375. The topological polar surface area (TPSA) is 36.5 Å². The minimum Gasteiger partial charge on any atom is -0.495 e. The Hall–Kier alpha value is -1.26. The Morgan fingerprint density at radius 2 is 2.11 bits per heavy atom. The first kappa shape index (κ1) is 13.2. The molecular weight excluding hydrogens is 226 g/mol. The molecule has 1 aromatic carbocycles. The second kappa shape index (κ2) is 6.61. The van der Waals surface area contributed by atoms with Crippen molar-refractivity contribution in [2.75, 3.05) is 44.7 Å². The van der Waals surface area contributed by atoms with Crippen LogP contribution in [0, 0.1) is 0 Å². The van der Waals surface area contributed by atoms with E-state index in [0.29, 0.717) is 0 Å². The number of rotatable bonds is 5. The number of ether oxygens (including phenoxy) is 1. The molecule has 1 heterocycles. The lowest BCUT2D eigenvalue weighted by Crippen LogP contribution is -2.43. The molecule has 0 aliphatic carbocycles. The fourth-order valence-corrected chi connectivity index (χ4v) is 2.27. The summed E-state index contributed by atoms with van der Waals surface area (Å²) >= 11 is 0. The highest BCUT2D eigenvalue weighted by Gasteiger charge is 2.14. The Balaban J connectivity index is 2.14. The van der Waals surface area contributed by atoms with E-state index in [0.717, 1.165) is 45.0 Å². The van der Waals surface area contributed by atoms with Crippen molar-refractivity contribution in [1.29, 1.82) is 0 Å². The minimum absolute atomic E-state index is 0.898. The molecule has 100 valence electrons. The average Bonchev–Trinajstić information content (AvgIpc) is 2.45. The van der Waals surface area contributed by atoms with Crippen LogP contribution in [-0.2, 0) is 6.54 Å². The first-order valence-electron chi connectivity index (χ1n) is 6.68. The summed E-state index contributed by atoms with van der Waals surface area (Å²) in [5.74, 6) is 0.979. The van der Waals surface area contributed by atoms with Crippen LogP contribution in [0.5, 0.6) is 5.75 Å². The molecule has 1 aromatic rings. The average molecular weight is 249 g/mol. The number of benzene rings is 1. The molecule has 1 aliphatic rings. The van der Waals surface area contributed by atoms with E-state index in [2.05, 4.69) is 40.7 Å². The van der Waals surface area contributed by atoms with Gasteiger partial charge in [0, 0.05) is 32.7 Å². The highest BCUT2D eigenvalue weighted by atomic mass is 16.5. The van der Waals surface area contributed by atoms with E-state index in [-0.39, 0.29) is 0 Å². The van der Waals surface area contributed by atoms with Gasteiger partial charge in [-0.15, -0.1) is 0 Å². The largest absolute Gasteiger partial charge is 0.495 e. The molecular formula is C14H23N3O. The molecule has 1 saturated heterocycles. The Labute approximate surface area is 109 Å². The van der Waals surface area contributed by atoms with Crippen molar-refractivity contribution in [3.63, 3.8) is 0 Å². The zero-order chi connectivity index (χ0) is 12.8. The fraction of sp³-hybridized carbons (Fsp3) is 0.571. The summed E-state index contributed by atoms with van der Waals surface area (Å²) in [6, 6.07) is 6.50. The Morgan fingerprint density at radius 1 is 1.33 bits per heavy atom. The zero-order valence-electron chi connectivity index (χ0n) is 11.3. The van der Waals surface area contributed by atoms with Crippen LogP contribution in [0.2, 0.25) is 0 Å². The standard InChI is InChI=1S/C14H23N3O/c1-3-15-11-12-4-5-13(14(10-12)18-2)17-8-6-16-7-9-17/h4-5,10,15-16H,3,6-9,11H2,1-2H3. The summed E-state index contributed by atoms with van der Waals surface area (Å²) in [5, 5.41) is 6.70. The number of hydrogen-bond acceptors (Lipinski definition) is 4. The van der Waals surface area contributed by atoms with Gasteiger partial charge in [-0.3, -0.25) is 0 Å². The van der Waals surface area contributed by atoms with Gasteiger partial charge in [0.2, 0.25) is 0 Å². The molecule has 0 amide bonds. The fourth-order valence-electron chi connectivity index (χ4n) is 2.27. The molecule has 2 rings (SSSR count). The van der Waals surface area contributed by atoms with Crippen LogP contribution in [0.15, 0.2) is 18.2 Å². The van der Waals surface area contributed by atoms with Crippen LogP contribution in [-0.4, -0.2) is 39.8 Å². The van der Waals surface area contributed by atoms with E-state index in [1.54, 1.807) is 7.11 Å². The quantitative estimate of drug-likeness (QED) is 0.822. The molecule has 4 heteroatoms. The molecule has 0 atom stereocenters. The van der Waals surface area contributed by atoms with Gasteiger partial charge in [0.25, 0.3) is 0 Å².